The highest BCUT2D eigenvalue weighted by Gasteiger charge is 2.28. The minimum atomic E-state index is -0.507. The van der Waals surface area contributed by atoms with E-state index in [9.17, 15) is 14.4 Å². The zero-order valence-corrected chi connectivity index (χ0v) is 16.3. The number of anilines is 1. The highest BCUT2D eigenvalue weighted by Crippen LogP contribution is 2.38. The van der Waals surface area contributed by atoms with Crippen molar-refractivity contribution >= 4 is 23.5 Å². The Bertz CT molecular complexity index is 894. The molecule has 148 valence electrons. The second kappa shape index (κ2) is 8.29. The van der Waals surface area contributed by atoms with Gasteiger partial charge < -0.3 is 19.4 Å². The molecule has 0 saturated heterocycles. The molecule has 0 bridgehead atoms. The van der Waals surface area contributed by atoms with Crippen molar-refractivity contribution in [3.8, 4) is 0 Å². The number of esters is 2. The van der Waals surface area contributed by atoms with E-state index >= 15 is 0 Å². The minimum absolute atomic E-state index is 0.297. The SMILES string of the molecule is CCOC(=O)c1ccc(NC(=O)COC(=O)c2cc(C)n(C3CC3)c2C)cc1. The van der Waals surface area contributed by atoms with Crippen molar-refractivity contribution in [3.63, 3.8) is 0 Å². The van der Waals surface area contributed by atoms with Gasteiger partial charge in [0.2, 0.25) is 0 Å². The van der Waals surface area contributed by atoms with Crippen LogP contribution in [0.15, 0.2) is 30.3 Å². The van der Waals surface area contributed by atoms with E-state index in [4.69, 9.17) is 9.47 Å². The molecular weight excluding hydrogens is 360 g/mol. The van der Waals surface area contributed by atoms with Gasteiger partial charge in [-0.15, -0.1) is 0 Å². The molecule has 1 heterocycles. The maximum atomic E-state index is 12.3. The molecule has 1 aliphatic rings. The second-order valence-electron chi connectivity index (χ2n) is 6.81. The Morgan fingerprint density at radius 2 is 1.75 bits per heavy atom. The van der Waals surface area contributed by atoms with Crippen molar-refractivity contribution in [3.05, 3.63) is 52.8 Å². The van der Waals surface area contributed by atoms with Crippen LogP contribution in [0.3, 0.4) is 0 Å². The summed E-state index contributed by atoms with van der Waals surface area (Å²) >= 11 is 0. The number of nitrogens with zero attached hydrogens (tertiary/aromatic N) is 1. The number of aromatic nitrogens is 1. The van der Waals surface area contributed by atoms with Crippen molar-refractivity contribution in [2.24, 2.45) is 0 Å². The molecule has 1 N–H and O–H groups in total. The highest BCUT2D eigenvalue weighted by molar-refractivity contribution is 5.96. The van der Waals surface area contributed by atoms with Gasteiger partial charge in [0.15, 0.2) is 6.61 Å². The smallest absolute Gasteiger partial charge is 0.340 e. The van der Waals surface area contributed by atoms with Gasteiger partial charge in [0, 0.05) is 23.1 Å². The van der Waals surface area contributed by atoms with Crippen molar-refractivity contribution in [2.45, 2.75) is 39.7 Å². The van der Waals surface area contributed by atoms with Crippen LogP contribution in [-0.2, 0) is 14.3 Å². The monoisotopic (exact) mass is 384 g/mol. The summed E-state index contributed by atoms with van der Waals surface area (Å²) in [7, 11) is 0. The van der Waals surface area contributed by atoms with E-state index in [2.05, 4.69) is 9.88 Å². The highest BCUT2D eigenvalue weighted by atomic mass is 16.5. The minimum Gasteiger partial charge on any atom is -0.462 e. The maximum absolute atomic E-state index is 12.3. The van der Waals surface area contributed by atoms with Gasteiger partial charge in [-0.2, -0.15) is 0 Å². The molecule has 0 spiro atoms. The molecule has 0 radical (unpaired) electrons. The number of nitrogens with one attached hydrogen (secondary N) is 1. The second-order valence-corrected chi connectivity index (χ2v) is 6.81. The third-order valence-corrected chi connectivity index (χ3v) is 4.63. The fourth-order valence-corrected chi connectivity index (χ4v) is 3.19. The van der Waals surface area contributed by atoms with Gasteiger partial charge in [-0.1, -0.05) is 0 Å². The van der Waals surface area contributed by atoms with Gasteiger partial charge in [-0.3, -0.25) is 4.79 Å². The lowest BCUT2D eigenvalue weighted by molar-refractivity contribution is -0.119. The lowest BCUT2D eigenvalue weighted by Crippen LogP contribution is -2.21. The van der Waals surface area contributed by atoms with E-state index in [0.29, 0.717) is 29.5 Å². The van der Waals surface area contributed by atoms with E-state index in [-0.39, 0.29) is 6.61 Å². The molecule has 1 saturated carbocycles. The first kappa shape index (κ1) is 19.7. The Balaban J connectivity index is 1.53. The third kappa shape index (κ3) is 4.42. The maximum Gasteiger partial charge on any atom is 0.340 e. The molecule has 3 rings (SSSR count). The van der Waals surface area contributed by atoms with Crippen LogP contribution in [0.5, 0.6) is 0 Å². The largest absolute Gasteiger partial charge is 0.462 e. The average molecular weight is 384 g/mol. The molecule has 0 atom stereocenters. The van der Waals surface area contributed by atoms with E-state index in [0.717, 1.165) is 24.2 Å². The number of benzene rings is 1. The predicted octanol–water partition coefficient (Wildman–Crippen LogP) is 3.41. The molecule has 28 heavy (non-hydrogen) atoms. The summed E-state index contributed by atoms with van der Waals surface area (Å²) in [6.45, 7) is 5.51. The summed E-state index contributed by atoms with van der Waals surface area (Å²) in [4.78, 5) is 36.0. The van der Waals surface area contributed by atoms with Crippen molar-refractivity contribution in [1.29, 1.82) is 0 Å². The molecule has 1 aromatic heterocycles. The molecule has 1 aromatic carbocycles. The standard InChI is InChI=1S/C21H24N2O5/c1-4-27-20(25)15-5-7-16(8-6-15)22-19(24)12-28-21(26)18-11-13(2)23(14(18)3)17-9-10-17/h5-8,11,17H,4,9-10,12H2,1-3H3,(H,22,24). The molecule has 1 fully saturated rings. The third-order valence-electron chi connectivity index (χ3n) is 4.63. The molecule has 1 aliphatic carbocycles. The van der Waals surface area contributed by atoms with Gasteiger partial charge in [0.25, 0.3) is 5.91 Å². The summed E-state index contributed by atoms with van der Waals surface area (Å²) in [5, 5.41) is 2.63. The average Bonchev–Trinajstić information content (AvgIpc) is 3.45. The van der Waals surface area contributed by atoms with Crippen molar-refractivity contribution < 1.29 is 23.9 Å². The molecule has 7 nitrogen and oxygen atoms in total. The number of aryl methyl sites for hydroxylation is 1. The van der Waals surface area contributed by atoms with E-state index < -0.39 is 17.8 Å². The number of carbonyl (C=O) groups excluding carboxylic acids is 3. The number of carbonyl (C=O) groups is 3. The number of amides is 1. The fourth-order valence-electron chi connectivity index (χ4n) is 3.19. The molecular formula is C21H24N2O5. The van der Waals surface area contributed by atoms with Crippen molar-refractivity contribution in [2.75, 3.05) is 18.5 Å². The lowest BCUT2D eigenvalue weighted by atomic mass is 10.2. The molecule has 0 aliphatic heterocycles. The van der Waals surface area contributed by atoms with Gasteiger partial charge in [-0.05, 0) is 63.9 Å². The first-order valence-electron chi connectivity index (χ1n) is 9.33. The number of hydrogen-bond acceptors (Lipinski definition) is 5. The molecule has 0 unspecified atom stereocenters. The van der Waals surface area contributed by atoms with Crippen LogP contribution in [0, 0.1) is 13.8 Å². The number of hydrogen-bond donors (Lipinski definition) is 1. The lowest BCUT2D eigenvalue weighted by Gasteiger charge is -2.09. The first-order valence-corrected chi connectivity index (χ1v) is 9.33. The zero-order valence-electron chi connectivity index (χ0n) is 16.3. The number of rotatable bonds is 7. The first-order chi connectivity index (χ1) is 13.4. The van der Waals surface area contributed by atoms with Crippen LogP contribution in [0.1, 0.15) is 57.9 Å². The Morgan fingerprint density at radius 3 is 2.36 bits per heavy atom. The quantitative estimate of drug-likeness (QED) is 0.739. The molecule has 7 heteroatoms. The summed E-state index contributed by atoms with van der Waals surface area (Å²) in [6, 6.07) is 8.59. The Hall–Kier alpha value is -3.09. The summed E-state index contributed by atoms with van der Waals surface area (Å²) in [6.07, 6.45) is 2.25. The van der Waals surface area contributed by atoms with Gasteiger partial charge in [-0.25, -0.2) is 9.59 Å². The Kier molecular flexibility index (Phi) is 5.82. The van der Waals surface area contributed by atoms with E-state index in [1.54, 1.807) is 31.2 Å². The van der Waals surface area contributed by atoms with Crippen molar-refractivity contribution in [1.82, 2.24) is 4.57 Å². The van der Waals surface area contributed by atoms with Crippen LogP contribution < -0.4 is 5.32 Å². The fraction of sp³-hybridized carbons (Fsp3) is 0.381. The topological polar surface area (TPSA) is 86.6 Å². The van der Waals surface area contributed by atoms with E-state index in [1.165, 1.54) is 0 Å². The van der Waals surface area contributed by atoms with E-state index in [1.807, 2.05) is 19.9 Å². The zero-order chi connectivity index (χ0) is 20.3. The molecule has 2 aromatic rings. The summed E-state index contributed by atoms with van der Waals surface area (Å²) < 4.78 is 12.2. The van der Waals surface area contributed by atoms with Gasteiger partial charge in [0.1, 0.15) is 0 Å². The van der Waals surface area contributed by atoms with Crippen LogP contribution in [-0.4, -0.2) is 35.6 Å². The normalized spacial score (nSPS) is 13.1. The predicted molar refractivity (Wildman–Crippen MR) is 103 cm³/mol. The van der Waals surface area contributed by atoms with Gasteiger partial charge in [0.05, 0.1) is 17.7 Å². The van der Waals surface area contributed by atoms with Crippen LogP contribution >= 0.6 is 0 Å². The Morgan fingerprint density at radius 1 is 1.07 bits per heavy atom. The van der Waals surface area contributed by atoms with Gasteiger partial charge >= 0.3 is 11.9 Å². The summed E-state index contributed by atoms with van der Waals surface area (Å²) in [5.41, 5.74) is 3.30. The Labute approximate surface area is 163 Å². The van der Waals surface area contributed by atoms with Crippen LogP contribution in [0.2, 0.25) is 0 Å². The molecule has 1 amide bonds. The van der Waals surface area contributed by atoms with Crippen LogP contribution in [0.4, 0.5) is 5.69 Å². The van der Waals surface area contributed by atoms with Crippen LogP contribution in [0.25, 0.3) is 0 Å². The number of ether oxygens (including phenoxy) is 2. The summed E-state index contributed by atoms with van der Waals surface area (Å²) in [5.74, 6) is -1.38.